The molecule has 1 N–H and O–H groups in total. The number of nitrogens with one attached hydrogen (secondary N) is 1. The van der Waals surface area contributed by atoms with Gasteiger partial charge in [0.15, 0.2) is 11.5 Å². The lowest BCUT2D eigenvalue weighted by Gasteiger charge is -2.32. The van der Waals surface area contributed by atoms with Crippen molar-refractivity contribution >= 4 is 11.8 Å². The Hall–Kier alpha value is -3.22. The molecule has 2 aromatic carbocycles. The van der Waals surface area contributed by atoms with Gasteiger partial charge in [-0.25, -0.2) is 0 Å². The Bertz CT molecular complexity index is 905. The lowest BCUT2D eigenvalue weighted by Crippen LogP contribution is -2.47. The monoisotopic (exact) mass is 440 g/mol. The van der Waals surface area contributed by atoms with Crippen molar-refractivity contribution in [3.8, 4) is 17.2 Å². The van der Waals surface area contributed by atoms with E-state index in [-0.39, 0.29) is 17.9 Å². The minimum Gasteiger partial charge on any atom is -0.497 e. The third-order valence-corrected chi connectivity index (χ3v) is 5.82. The number of piperidine rings is 1. The molecular weight excluding hydrogens is 408 g/mol. The van der Waals surface area contributed by atoms with Crippen LogP contribution in [0, 0.1) is 0 Å². The van der Waals surface area contributed by atoms with Crippen LogP contribution in [0.2, 0.25) is 0 Å². The van der Waals surface area contributed by atoms with Crippen LogP contribution in [-0.2, 0) is 22.4 Å². The van der Waals surface area contributed by atoms with Gasteiger partial charge >= 0.3 is 0 Å². The molecule has 1 aliphatic heterocycles. The summed E-state index contributed by atoms with van der Waals surface area (Å²) in [5.41, 5.74) is 2.00. The Labute approximate surface area is 189 Å². The maximum atomic E-state index is 12.6. The number of ether oxygens (including phenoxy) is 3. The van der Waals surface area contributed by atoms with Crippen LogP contribution in [0.15, 0.2) is 42.5 Å². The zero-order valence-corrected chi connectivity index (χ0v) is 19.1. The quantitative estimate of drug-likeness (QED) is 0.649. The van der Waals surface area contributed by atoms with Gasteiger partial charge in [-0.05, 0) is 54.7 Å². The predicted molar refractivity (Wildman–Crippen MR) is 122 cm³/mol. The average molecular weight is 441 g/mol. The third kappa shape index (κ3) is 6.39. The summed E-state index contributed by atoms with van der Waals surface area (Å²) in [5.74, 6) is 2.27. The highest BCUT2D eigenvalue weighted by atomic mass is 16.5. The smallest absolute Gasteiger partial charge is 0.226 e. The van der Waals surface area contributed by atoms with E-state index < -0.39 is 0 Å². The van der Waals surface area contributed by atoms with Crippen molar-refractivity contribution in [3.05, 3.63) is 53.6 Å². The van der Waals surface area contributed by atoms with Gasteiger partial charge < -0.3 is 24.4 Å². The molecule has 0 bridgehead atoms. The standard InChI is InChI=1S/C25H32N2O5/c1-30-21-8-4-19(5-9-21)17-25(29)27-14-12-20(13-15-27)26-24(28)11-7-18-6-10-22(31-2)23(16-18)32-3/h4-6,8-10,16,20H,7,11-15,17H2,1-3H3,(H,26,28). The molecule has 0 aliphatic carbocycles. The molecule has 3 rings (SSSR count). The Balaban J connectivity index is 1.40. The van der Waals surface area contributed by atoms with E-state index in [1.165, 1.54) is 0 Å². The third-order valence-electron chi connectivity index (χ3n) is 5.82. The molecule has 0 aromatic heterocycles. The number of carbonyl (C=O) groups excluding carboxylic acids is 2. The lowest BCUT2D eigenvalue weighted by atomic mass is 10.0. The van der Waals surface area contributed by atoms with Gasteiger partial charge in [0.25, 0.3) is 0 Å². The van der Waals surface area contributed by atoms with Gasteiger partial charge in [-0.15, -0.1) is 0 Å². The summed E-state index contributed by atoms with van der Waals surface area (Å²) < 4.78 is 15.7. The Morgan fingerprint density at radius 2 is 1.56 bits per heavy atom. The number of benzene rings is 2. The first-order valence-electron chi connectivity index (χ1n) is 10.9. The number of carbonyl (C=O) groups is 2. The molecule has 0 spiro atoms. The van der Waals surface area contributed by atoms with Crippen LogP contribution in [-0.4, -0.2) is 57.2 Å². The first kappa shape index (κ1) is 23.4. The summed E-state index contributed by atoms with van der Waals surface area (Å²) in [5, 5.41) is 3.12. The van der Waals surface area contributed by atoms with Crippen molar-refractivity contribution in [3.63, 3.8) is 0 Å². The van der Waals surface area contributed by atoms with Gasteiger partial charge in [-0.2, -0.15) is 0 Å². The molecular formula is C25H32N2O5. The second-order valence-corrected chi connectivity index (χ2v) is 7.94. The SMILES string of the molecule is COc1ccc(CC(=O)N2CCC(NC(=O)CCc3ccc(OC)c(OC)c3)CC2)cc1. The molecule has 0 unspecified atom stereocenters. The summed E-state index contributed by atoms with van der Waals surface area (Å²) >= 11 is 0. The van der Waals surface area contributed by atoms with Crippen LogP contribution in [0.3, 0.4) is 0 Å². The zero-order chi connectivity index (χ0) is 22.9. The Morgan fingerprint density at radius 1 is 0.906 bits per heavy atom. The Morgan fingerprint density at radius 3 is 2.19 bits per heavy atom. The van der Waals surface area contributed by atoms with Crippen molar-refractivity contribution in [2.24, 2.45) is 0 Å². The number of aryl methyl sites for hydroxylation is 1. The molecule has 32 heavy (non-hydrogen) atoms. The summed E-state index contributed by atoms with van der Waals surface area (Å²) in [6.45, 7) is 1.32. The normalized spacial score (nSPS) is 14.0. The van der Waals surface area contributed by atoms with Gasteiger partial charge in [0.05, 0.1) is 27.8 Å². The Kier molecular flexibility index (Phi) is 8.36. The molecule has 7 heteroatoms. The van der Waals surface area contributed by atoms with E-state index in [0.717, 1.165) is 29.7 Å². The van der Waals surface area contributed by atoms with E-state index >= 15 is 0 Å². The van der Waals surface area contributed by atoms with Crippen molar-refractivity contribution in [1.82, 2.24) is 10.2 Å². The number of amides is 2. The van der Waals surface area contributed by atoms with Crippen LogP contribution in [0.1, 0.15) is 30.4 Å². The highest BCUT2D eigenvalue weighted by molar-refractivity contribution is 5.79. The summed E-state index contributed by atoms with van der Waals surface area (Å²) in [6, 6.07) is 13.4. The highest BCUT2D eigenvalue weighted by Crippen LogP contribution is 2.28. The second kappa shape index (κ2) is 11.4. The van der Waals surface area contributed by atoms with Crippen LogP contribution < -0.4 is 19.5 Å². The number of hydrogen-bond acceptors (Lipinski definition) is 5. The van der Waals surface area contributed by atoms with Gasteiger partial charge in [-0.1, -0.05) is 18.2 Å². The van der Waals surface area contributed by atoms with E-state index in [4.69, 9.17) is 14.2 Å². The van der Waals surface area contributed by atoms with E-state index in [2.05, 4.69) is 5.32 Å². The van der Waals surface area contributed by atoms with E-state index in [1.54, 1.807) is 21.3 Å². The molecule has 7 nitrogen and oxygen atoms in total. The largest absolute Gasteiger partial charge is 0.497 e. The molecule has 1 aliphatic rings. The maximum absolute atomic E-state index is 12.6. The zero-order valence-electron chi connectivity index (χ0n) is 19.1. The summed E-state index contributed by atoms with van der Waals surface area (Å²) in [4.78, 5) is 26.9. The van der Waals surface area contributed by atoms with Gasteiger partial charge in [0.1, 0.15) is 5.75 Å². The van der Waals surface area contributed by atoms with Crippen molar-refractivity contribution < 1.29 is 23.8 Å². The fourth-order valence-corrected chi connectivity index (χ4v) is 3.90. The molecule has 2 amide bonds. The fourth-order valence-electron chi connectivity index (χ4n) is 3.90. The van der Waals surface area contributed by atoms with Crippen molar-refractivity contribution in [2.75, 3.05) is 34.4 Å². The number of rotatable bonds is 9. The predicted octanol–water partition coefficient (Wildman–Crippen LogP) is 2.99. The molecule has 1 fully saturated rings. The van der Waals surface area contributed by atoms with Crippen molar-refractivity contribution in [1.29, 1.82) is 0 Å². The first-order valence-corrected chi connectivity index (χ1v) is 10.9. The van der Waals surface area contributed by atoms with Crippen LogP contribution in [0.5, 0.6) is 17.2 Å². The van der Waals surface area contributed by atoms with Gasteiger partial charge in [0.2, 0.25) is 11.8 Å². The van der Waals surface area contributed by atoms with Gasteiger partial charge in [0, 0.05) is 25.6 Å². The molecule has 0 atom stereocenters. The number of methoxy groups -OCH3 is 3. The highest BCUT2D eigenvalue weighted by Gasteiger charge is 2.23. The van der Waals surface area contributed by atoms with Crippen LogP contribution >= 0.6 is 0 Å². The molecule has 1 saturated heterocycles. The van der Waals surface area contributed by atoms with Crippen LogP contribution in [0.25, 0.3) is 0 Å². The lowest BCUT2D eigenvalue weighted by molar-refractivity contribution is -0.131. The number of likely N-dealkylation sites (tertiary alicyclic amines) is 1. The van der Waals surface area contributed by atoms with Gasteiger partial charge in [-0.3, -0.25) is 9.59 Å². The number of hydrogen-bond donors (Lipinski definition) is 1. The minimum absolute atomic E-state index is 0.0304. The average Bonchev–Trinajstić information content (AvgIpc) is 2.83. The summed E-state index contributed by atoms with van der Waals surface area (Å²) in [7, 11) is 4.82. The second-order valence-electron chi connectivity index (χ2n) is 7.94. The molecule has 2 aromatic rings. The van der Waals surface area contributed by atoms with Crippen molar-refractivity contribution in [2.45, 2.75) is 38.1 Å². The molecule has 172 valence electrons. The number of nitrogens with zero attached hydrogens (tertiary/aromatic N) is 1. The topological polar surface area (TPSA) is 77.1 Å². The van der Waals surface area contributed by atoms with E-state index in [9.17, 15) is 9.59 Å². The summed E-state index contributed by atoms with van der Waals surface area (Å²) in [6.07, 6.45) is 2.97. The fraction of sp³-hybridized carbons (Fsp3) is 0.440. The molecule has 1 heterocycles. The van der Waals surface area contributed by atoms with E-state index in [0.29, 0.717) is 43.9 Å². The first-order chi connectivity index (χ1) is 15.5. The molecule has 0 saturated carbocycles. The van der Waals surface area contributed by atoms with Crippen LogP contribution in [0.4, 0.5) is 0 Å². The minimum atomic E-state index is 0.0304. The molecule has 0 radical (unpaired) electrons. The maximum Gasteiger partial charge on any atom is 0.226 e. The van der Waals surface area contributed by atoms with E-state index in [1.807, 2.05) is 47.4 Å².